The van der Waals surface area contributed by atoms with E-state index in [1.54, 1.807) is 36.3 Å². The number of aromatic nitrogens is 4. The first-order chi connectivity index (χ1) is 20.0. The second-order valence-corrected chi connectivity index (χ2v) is 9.74. The van der Waals surface area contributed by atoms with Gasteiger partial charge in [-0.05, 0) is 60.7 Å². The van der Waals surface area contributed by atoms with E-state index in [0.717, 1.165) is 53.9 Å². The van der Waals surface area contributed by atoms with Gasteiger partial charge in [0.2, 0.25) is 5.88 Å². The molecule has 0 bridgehead atoms. The summed E-state index contributed by atoms with van der Waals surface area (Å²) in [6, 6.07) is 17.2. The maximum Gasteiger partial charge on any atom is 0.322 e. The number of amides is 2. The first-order valence-electron chi connectivity index (χ1n) is 13.8. The number of nitrogens with one attached hydrogen (secondary N) is 2. The third-order valence-electron chi connectivity index (χ3n) is 6.75. The summed E-state index contributed by atoms with van der Waals surface area (Å²) in [6.07, 6.45) is 10.5. The Kier molecular flexibility index (Phi) is 10.3. The first kappa shape index (κ1) is 29.1. The summed E-state index contributed by atoms with van der Waals surface area (Å²) in [6.45, 7) is 3.19. The molecular weight excluding hydrogens is 516 g/mol. The van der Waals surface area contributed by atoms with Crippen molar-refractivity contribution in [1.82, 2.24) is 25.1 Å². The molecule has 0 spiro atoms. The van der Waals surface area contributed by atoms with Gasteiger partial charge in [-0.1, -0.05) is 25.5 Å². The van der Waals surface area contributed by atoms with Gasteiger partial charge in [-0.3, -0.25) is 9.58 Å². The van der Waals surface area contributed by atoms with Crippen molar-refractivity contribution < 1.29 is 9.53 Å². The van der Waals surface area contributed by atoms with E-state index in [0.29, 0.717) is 24.5 Å². The number of methoxy groups -OCH3 is 1. The maximum atomic E-state index is 13.8. The average molecular weight is 553 g/mol. The molecule has 1 unspecified atom stereocenters. The van der Waals surface area contributed by atoms with E-state index in [-0.39, 0.29) is 12.1 Å². The molecule has 3 heterocycles. The molecule has 0 aliphatic rings. The number of hydrogen-bond donors (Lipinski definition) is 2. The van der Waals surface area contributed by atoms with Gasteiger partial charge in [-0.2, -0.15) is 10.4 Å². The number of carbonyl (C=O) groups is 1. The summed E-state index contributed by atoms with van der Waals surface area (Å²) in [4.78, 5) is 24.1. The second-order valence-electron chi connectivity index (χ2n) is 9.74. The minimum Gasteiger partial charge on any atom is -0.481 e. The largest absolute Gasteiger partial charge is 0.481 e. The van der Waals surface area contributed by atoms with Gasteiger partial charge in [0.25, 0.3) is 0 Å². The number of nitrogens with zero attached hydrogens (tertiary/aromatic N) is 6. The van der Waals surface area contributed by atoms with Crippen molar-refractivity contribution in [1.29, 1.82) is 5.26 Å². The van der Waals surface area contributed by atoms with Gasteiger partial charge in [-0.15, -0.1) is 0 Å². The normalized spacial score (nSPS) is 11.4. The van der Waals surface area contributed by atoms with Gasteiger partial charge >= 0.3 is 6.03 Å². The number of hydrogen-bond acceptors (Lipinski definition) is 7. The molecule has 0 saturated heterocycles. The molecule has 10 nitrogen and oxygen atoms in total. The molecule has 1 aromatic carbocycles. The Morgan fingerprint density at radius 1 is 1.10 bits per heavy atom. The Morgan fingerprint density at radius 3 is 2.59 bits per heavy atom. The molecule has 3 aromatic heterocycles. The molecule has 4 rings (SSSR count). The van der Waals surface area contributed by atoms with Crippen LogP contribution in [0.5, 0.6) is 5.88 Å². The highest BCUT2D eigenvalue weighted by molar-refractivity contribution is 5.93. The van der Waals surface area contributed by atoms with Gasteiger partial charge < -0.3 is 15.4 Å². The molecule has 0 fully saturated rings. The van der Waals surface area contributed by atoms with Crippen LogP contribution in [0.3, 0.4) is 0 Å². The van der Waals surface area contributed by atoms with Crippen molar-refractivity contribution in [2.24, 2.45) is 7.05 Å². The molecule has 0 radical (unpaired) electrons. The maximum absolute atomic E-state index is 13.8. The molecule has 212 valence electrons. The molecular formula is C31H36N8O2. The zero-order valence-electron chi connectivity index (χ0n) is 23.7. The smallest absolute Gasteiger partial charge is 0.322 e. The Morgan fingerprint density at radius 2 is 1.93 bits per heavy atom. The topological polar surface area (TPSA) is 121 Å². The highest BCUT2D eigenvalue weighted by atomic mass is 16.5. The minimum absolute atomic E-state index is 0.00746. The second kappa shape index (κ2) is 14.5. The number of benzene rings is 1. The van der Waals surface area contributed by atoms with E-state index in [1.807, 2.05) is 60.7 Å². The van der Waals surface area contributed by atoms with Crippen LogP contribution in [0.1, 0.15) is 43.7 Å². The molecule has 0 saturated carbocycles. The summed E-state index contributed by atoms with van der Waals surface area (Å²) in [5.41, 5.74) is 4.33. The van der Waals surface area contributed by atoms with Crippen LogP contribution < -0.4 is 20.3 Å². The van der Waals surface area contributed by atoms with Crippen molar-refractivity contribution in [2.45, 2.75) is 45.2 Å². The standard InChI is InChI=1S/C31H36N8O2/c1-4-6-27(7-5-15-33-29-13-8-24(18-32)20-35-29)39(31(40)36-19-23-14-16-34-30(17-23)41-3)28-11-9-25(10-12-28)26-21-37-38(2)22-26/h8-14,16-17,20-22,27H,4-7,15,19H2,1-3H3,(H,33,35)(H,36,40). The average Bonchev–Trinajstić information content (AvgIpc) is 3.45. The highest BCUT2D eigenvalue weighted by Crippen LogP contribution is 2.27. The molecule has 4 aromatic rings. The monoisotopic (exact) mass is 552 g/mol. The molecule has 0 aliphatic carbocycles. The van der Waals surface area contributed by atoms with Crippen LogP contribution in [0, 0.1) is 11.3 Å². The fourth-order valence-electron chi connectivity index (χ4n) is 4.67. The lowest BCUT2D eigenvalue weighted by molar-refractivity contribution is 0.242. The van der Waals surface area contributed by atoms with Gasteiger partial charge in [0.15, 0.2) is 0 Å². The predicted molar refractivity (Wildman–Crippen MR) is 160 cm³/mol. The highest BCUT2D eigenvalue weighted by Gasteiger charge is 2.25. The Labute approximate surface area is 241 Å². The lowest BCUT2D eigenvalue weighted by Gasteiger charge is -2.32. The Bertz CT molecular complexity index is 1440. The zero-order chi connectivity index (χ0) is 29.0. The number of ether oxygens (including phenoxy) is 1. The van der Waals surface area contributed by atoms with Crippen LogP contribution in [0.25, 0.3) is 11.1 Å². The fourth-order valence-corrected chi connectivity index (χ4v) is 4.67. The Balaban J connectivity index is 1.50. The number of pyridine rings is 2. The van der Waals surface area contributed by atoms with Crippen LogP contribution in [0.4, 0.5) is 16.3 Å². The van der Waals surface area contributed by atoms with Crippen molar-refractivity contribution in [3.63, 3.8) is 0 Å². The van der Waals surface area contributed by atoms with E-state index in [4.69, 9.17) is 10.00 Å². The third kappa shape index (κ3) is 8.05. The van der Waals surface area contributed by atoms with Crippen LogP contribution in [-0.4, -0.2) is 45.5 Å². The van der Waals surface area contributed by atoms with Crippen LogP contribution in [0.15, 0.2) is 73.3 Å². The third-order valence-corrected chi connectivity index (χ3v) is 6.75. The van der Waals surface area contributed by atoms with Crippen molar-refractivity contribution in [2.75, 3.05) is 23.9 Å². The Hall–Kier alpha value is -4.91. The number of aryl methyl sites for hydroxylation is 1. The number of urea groups is 1. The first-order valence-corrected chi connectivity index (χ1v) is 13.8. The lowest BCUT2D eigenvalue weighted by Crippen LogP contribution is -2.46. The van der Waals surface area contributed by atoms with E-state index < -0.39 is 0 Å². The zero-order valence-corrected chi connectivity index (χ0v) is 23.7. The van der Waals surface area contributed by atoms with Gasteiger partial charge in [0.05, 0.1) is 18.9 Å². The van der Waals surface area contributed by atoms with Crippen molar-refractivity contribution in [3.8, 4) is 23.1 Å². The molecule has 10 heteroatoms. The van der Waals surface area contributed by atoms with Crippen molar-refractivity contribution in [3.05, 3.63) is 84.4 Å². The predicted octanol–water partition coefficient (Wildman–Crippen LogP) is 5.53. The summed E-state index contributed by atoms with van der Waals surface area (Å²) in [5.74, 6) is 1.23. The van der Waals surface area contributed by atoms with E-state index in [1.165, 1.54) is 0 Å². The summed E-state index contributed by atoms with van der Waals surface area (Å²) >= 11 is 0. The summed E-state index contributed by atoms with van der Waals surface area (Å²) in [5, 5.41) is 19.7. The van der Waals surface area contributed by atoms with E-state index in [9.17, 15) is 4.79 Å². The number of carbonyl (C=O) groups excluding carboxylic acids is 1. The fraction of sp³-hybridized carbons (Fsp3) is 0.323. The van der Waals surface area contributed by atoms with E-state index >= 15 is 0 Å². The molecule has 41 heavy (non-hydrogen) atoms. The van der Waals surface area contributed by atoms with E-state index in [2.05, 4.69) is 38.7 Å². The summed E-state index contributed by atoms with van der Waals surface area (Å²) in [7, 11) is 3.47. The lowest BCUT2D eigenvalue weighted by atomic mass is 10.0. The number of nitriles is 1. The van der Waals surface area contributed by atoms with Gasteiger partial charge in [0, 0.05) is 62.1 Å². The quantitative estimate of drug-likeness (QED) is 0.209. The minimum atomic E-state index is -0.157. The molecule has 2 N–H and O–H groups in total. The molecule has 0 aliphatic heterocycles. The number of anilines is 2. The van der Waals surface area contributed by atoms with Gasteiger partial charge in [0.1, 0.15) is 11.9 Å². The van der Waals surface area contributed by atoms with Crippen LogP contribution in [-0.2, 0) is 13.6 Å². The van der Waals surface area contributed by atoms with Crippen molar-refractivity contribution >= 4 is 17.5 Å². The SMILES string of the molecule is CCCC(CCCNc1ccc(C#N)cn1)N(C(=O)NCc1ccnc(OC)c1)c1ccc(-c2cnn(C)c2)cc1. The van der Waals surface area contributed by atoms with Crippen LogP contribution >= 0.6 is 0 Å². The molecule has 1 atom stereocenters. The molecule has 2 amide bonds. The summed E-state index contributed by atoms with van der Waals surface area (Å²) < 4.78 is 7.01. The van der Waals surface area contributed by atoms with Crippen LogP contribution in [0.2, 0.25) is 0 Å². The number of rotatable bonds is 13. The van der Waals surface area contributed by atoms with Gasteiger partial charge in [-0.25, -0.2) is 14.8 Å².